The van der Waals surface area contributed by atoms with E-state index in [9.17, 15) is 0 Å². The SMILES string of the molecule is CNC(c1ccc(Br)s1)C(C)(C)N. The van der Waals surface area contributed by atoms with E-state index in [0.29, 0.717) is 0 Å². The summed E-state index contributed by atoms with van der Waals surface area (Å²) in [4.78, 5) is 1.27. The lowest BCUT2D eigenvalue weighted by molar-refractivity contribution is 0.375. The second kappa shape index (κ2) is 4.09. The molecule has 4 heteroatoms. The van der Waals surface area contributed by atoms with E-state index in [1.807, 2.05) is 20.9 Å². The zero-order chi connectivity index (χ0) is 10.1. The summed E-state index contributed by atoms with van der Waals surface area (Å²) < 4.78 is 1.15. The number of hydrogen-bond donors (Lipinski definition) is 2. The maximum atomic E-state index is 6.06. The van der Waals surface area contributed by atoms with Crippen molar-refractivity contribution in [3.8, 4) is 0 Å². The Morgan fingerprint density at radius 3 is 2.46 bits per heavy atom. The van der Waals surface area contributed by atoms with Crippen LogP contribution in [0.2, 0.25) is 0 Å². The third-order valence-corrected chi connectivity index (χ3v) is 3.60. The van der Waals surface area contributed by atoms with Gasteiger partial charge in [-0.3, -0.25) is 0 Å². The summed E-state index contributed by atoms with van der Waals surface area (Å²) in [5, 5.41) is 3.24. The monoisotopic (exact) mass is 262 g/mol. The lowest BCUT2D eigenvalue weighted by Gasteiger charge is -2.29. The van der Waals surface area contributed by atoms with Gasteiger partial charge in [0.2, 0.25) is 0 Å². The molecule has 0 bridgehead atoms. The van der Waals surface area contributed by atoms with Crippen LogP contribution in [0.25, 0.3) is 0 Å². The molecule has 13 heavy (non-hydrogen) atoms. The number of halogens is 1. The molecule has 3 N–H and O–H groups in total. The van der Waals surface area contributed by atoms with Gasteiger partial charge in [0.1, 0.15) is 0 Å². The first-order chi connectivity index (χ1) is 5.95. The summed E-state index contributed by atoms with van der Waals surface area (Å²) in [5.74, 6) is 0. The minimum atomic E-state index is -0.237. The van der Waals surface area contributed by atoms with Crippen LogP contribution < -0.4 is 11.1 Å². The van der Waals surface area contributed by atoms with Crippen molar-refractivity contribution in [2.75, 3.05) is 7.05 Å². The highest BCUT2D eigenvalue weighted by atomic mass is 79.9. The van der Waals surface area contributed by atoms with Crippen molar-refractivity contribution in [1.29, 1.82) is 0 Å². The lowest BCUT2D eigenvalue weighted by atomic mass is 9.95. The molecule has 0 spiro atoms. The Labute approximate surface area is 91.7 Å². The molecule has 1 aromatic rings. The predicted octanol–water partition coefficient (Wildman–Crippen LogP) is 2.51. The van der Waals surface area contributed by atoms with Gasteiger partial charge in [-0.25, -0.2) is 0 Å². The number of thiophene rings is 1. The van der Waals surface area contributed by atoms with Gasteiger partial charge >= 0.3 is 0 Å². The van der Waals surface area contributed by atoms with Gasteiger partial charge in [0.15, 0.2) is 0 Å². The molecule has 2 nitrogen and oxygen atoms in total. The molecule has 1 aromatic heterocycles. The van der Waals surface area contributed by atoms with E-state index in [0.717, 1.165) is 3.79 Å². The van der Waals surface area contributed by atoms with E-state index in [2.05, 4.69) is 33.4 Å². The van der Waals surface area contributed by atoms with Crippen LogP contribution in [0.5, 0.6) is 0 Å². The van der Waals surface area contributed by atoms with Crippen molar-refractivity contribution in [2.45, 2.75) is 25.4 Å². The molecule has 0 fully saturated rings. The smallest absolute Gasteiger partial charge is 0.0702 e. The average molecular weight is 263 g/mol. The van der Waals surface area contributed by atoms with Crippen molar-refractivity contribution in [2.24, 2.45) is 5.73 Å². The van der Waals surface area contributed by atoms with Gasteiger partial charge in [0.05, 0.1) is 9.83 Å². The number of rotatable bonds is 3. The third kappa shape index (κ3) is 2.77. The van der Waals surface area contributed by atoms with Crippen molar-refractivity contribution in [3.05, 3.63) is 20.8 Å². The van der Waals surface area contributed by atoms with Gasteiger partial charge < -0.3 is 11.1 Å². The molecule has 0 aliphatic heterocycles. The summed E-state index contributed by atoms with van der Waals surface area (Å²) in [6.07, 6.45) is 0. The number of hydrogen-bond acceptors (Lipinski definition) is 3. The largest absolute Gasteiger partial charge is 0.324 e. The first kappa shape index (κ1) is 11.2. The van der Waals surface area contributed by atoms with Crippen molar-refractivity contribution < 1.29 is 0 Å². The maximum absolute atomic E-state index is 6.06. The van der Waals surface area contributed by atoms with Gasteiger partial charge in [-0.15, -0.1) is 11.3 Å². The van der Waals surface area contributed by atoms with Gasteiger partial charge in [-0.2, -0.15) is 0 Å². The third-order valence-electron chi connectivity index (χ3n) is 1.91. The minimum Gasteiger partial charge on any atom is -0.324 e. The summed E-state index contributed by atoms with van der Waals surface area (Å²) >= 11 is 5.17. The number of nitrogens with two attached hydrogens (primary N) is 1. The van der Waals surface area contributed by atoms with Gasteiger partial charge in [0, 0.05) is 10.4 Å². The summed E-state index contributed by atoms with van der Waals surface area (Å²) in [7, 11) is 1.94. The molecule has 0 aromatic carbocycles. The van der Waals surface area contributed by atoms with E-state index in [4.69, 9.17) is 5.73 Å². The normalized spacial score (nSPS) is 14.5. The van der Waals surface area contributed by atoms with Crippen molar-refractivity contribution >= 4 is 27.3 Å². The Kier molecular flexibility index (Phi) is 3.51. The highest BCUT2D eigenvalue weighted by molar-refractivity contribution is 9.11. The van der Waals surface area contributed by atoms with Crippen LogP contribution in [0.3, 0.4) is 0 Å². The van der Waals surface area contributed by atoms with Gasteiger partial charge in [-0.1, -0.05) is 0 Å². The Morgan fingerprint density at radius 1 is 1.54 bits per heavy atom. The van der Waals surface area contributed by atoms with Crippen LogP contribution in [0.4, 0.5) is 0 Å². The molecular formula is C9H15BrN2S. The predicted molar refractivity (Wildman–Crippen MR) is 62.1 cm³/mol. The van der Waals surface area contributed by atoms with Crippen molar-refractivity contribution in [3.63, 3.8) is 0 Å². The highest BCUT2D eigenvalue weighted by Gasteiger charge is 2.26. The van der Waals surface area contributed by atoms with Crippen LogP contribution in [0, 0.1) is 0 Å². The van der Waals surface area contributed by atoms with E-state index < -0.39 is 0 Å². The Balaban J connectivity index is 2.91. The van der Waals surface area contributed by atoms with Crippen LogP contribution in [0.1, 0.15) is 24.8 Å². The fraction of sp³-hybridized carbons (Fsp3) is 0.556. The topological polar surface area (TPSA) is 38.0 Å². The van der Waals surface area contributed by atoms with E-state index in [-0.39, 0.29) is 11.6 Å². The molecule has 0 saturated carbocycles. The van der Waals surface area contributed by atoms with Gasteiger partial charge in [0.25, 0.3) is 0 Å². The fourth-order valence-electron chi connectivity index (χ4n) is 1.36. The van der Waals surface area contributed by atoms with E-state index >= 15 is 0 Å². The van der Waals surface area contributed by atoms with E-state index in [1.54, 1.807) is 11.3 Å². The fourth-order valence-corrected chi connectivity index (χ4v) is 3.09. The van der Waals surface area contributed by atoms with E-state index in [1.165, 1.54) is 4.88 Å². The molecule has 0 saturated heterocycles. The standard InChI is InChI=1S/C9H15BrN2S/c1-9(2,11)8(12-3)6-4-5-7(10)13-6/h4-5,8,12H,11H2,1-3H3. The molecular weight excluding hydrogens is 248 g/mol. The summed E-state index contributed by atoms with van der Waals surface area (Å²) in [6.45, 7) is 4.06. The molecule has 1 rings (SSSR count). The zero-order valence-electron chi connectivity index (χ0n) is 8.10. The first-order valence-electron chi connectivity index (χ1n) is 4.16. The number of nitrogens with one attached hydrogen (secondary N) is 1. The highest BCUT2D eigenvalue weighted by Crippen LogP contribution is 2.31. The summed E-state index contributed by atoms with van der Waals surface area (Å²) in [5.41, 5.74) is 5.82. The van der Waals surface area contributed by atoms with Crippen LogP contribution in [-0.2, 0) is 0 Å². The zero-order valence-corrected chi connectivity index (χ0v) is 10.5. The first-order valence-corrected chi connectivity index (χ1v) is 5.77. The quantitative estimate of drug-likeness (QED) is 0.879. The van der Waals surface area contributed by atoms with Gasteiger partial charge in [-0.05, 0) is 49.0 Å². The van der Waals surface area contributed by atoms with Crippen LogP contribution in [-0.4, -0.2) is 12.6 Å². The average Bonchev–Trinajstić information content (AvgIpc) is 2.34. The lowest BCUT2D eigenvalue weighted by Crippen LogP contribution is -2.44. The molecule has 0 aliphatic carbocycles. The summed E-state index contributed by atoms with van der Waals surface area (Å²) in [6, 6.07) is 4.37. The molecule has 74 valence electrons. The number of likely N-dealkylation sites (N-methyl/N-ethyl adjacent to an activating group) is 1. The van der Waals surface area contributed by atoms with Crippen LogP contribution in [0.15, 0.2) is 15.9 Å². The molecule has 0 radical (unpaired) electrons. The molecule has 1 heterocycles. The maximum Gasteiger partial charge on any atom is 0.0702 e. The van der Waals surface area contributed by atoms with Crippen LogP contribution >= 0.6 is 27.3 Å². The molecule has 1 unspecified atom stereocenters. The molecule has 0 amide bonds. The second-order valence-electron chi connectivity index (χ2n) is 3.68. The Hall–Kier alpha value is 0.1000. The second-order valence-corrected chi connectivity index (χ2v) is 6.18. The molecule has 0 aliphatic rings. The Morgan fingerprint density at radius 2 is 2.15 bits per heavy atom. The Bertz CT molecular complexity index is 277. The minimum absolute atomic E-state index is 0.212. The molecule has 1 atom stereocenters. The van der Waals surface area contributed by atoms with Crippen molar-refractivity contribution in [1.82, 2.24) is 5.32 Å².